The molecule has 3 amide bonds. The fraction of sp³-hybridized carbons (Fsp3) is 0.500. The maximum atomic E-state index is 12.6. The van der Waals surface area contributed by atoms with Crippen LogP contribution in [0.25, 0.3) is 0 Å². The first-order valence-electron chi connectivity index (χ1n) is 7.22. The number of rotatable bonds is 1. The van der Waals surface area contributed by atoms with Gasteiger partial charge in [0.25, 0.3) is 5.91 Å². The fourth-order valence-electron chi connectivity index (χ4n) is 3.65. The van der Waals surface area contributed by atoms with Gasteiger partial charge in [0.2, 0.25) is 0 Å². The van der Waals surface area contributed by atoms with Crippen LogP contribution in [0.1, 0.15) is 17.5 Å². The first kappa shape index (κ1) is 13.9. The fourth-order valence-corrected chi connectivity index (χ4v) is 3.65. The molecule has 1 unspecified atom stereocenters. The molecule has 1 aliphatic carbocycles. The van der Waals surface area contributed by atoms with E-state index in [-0.39, 0.29) is 11.9 Å². The van der Waals surface area contributed by atoms with E-state index in [1.807, 2.05) is 20.2 Å². The molecule has 0 saturated carbocycles. The Morgan fingerprint density at radius 3 is 2.48 bits per heavy atom. The zero-order valence-corrected chi connectivity index (χ0v) is 13.0. The highest BCUT2D eigenvalue weighted by Crippen LogP contribution is 2.40. The number of carbonyl (C=O) groups is 2. The van der Waals surface area contributed by atoms with Crippen LogP contribution >= 0.6 is 0 Å². The number of imide groups is 1. The molecule has 1 aromatic rings. The van der Waals surface area contributed by atoms with Crippen molar-refractivity contribution >= 4 is 17.6 Å². The maximum absolute atomic E-state index is 12.6. The maximum Gasteiger partial charge on any atom is 0.327 e. The zero-order chi connectivity index (χ0) is 15.4. The number of anilines is 1. The van der Waals surface area contributed by atoms with E-state index < -0.39 is 5.54 Å². The summed E-state index contributed by atoms with van der Waals surface area (Å²) in [5, 5.41) is 0. The largest absolute Gasteiger partial charge is 0.377 e. The van der Waals surface area contributed by atoms with Gasteiger partial charge in [0, 0.05) is 40.3 Å². The number of hydrogen-bond donors (Lipinski definition) is 0. The highest BCUT2D eigenvalue weighted by molar-refractivity contribution is 6.07. The van der Waals surface area contributed by atoms with Crippen LogP contribution < -0.4 is 4.90 Å². The minimum Gasteiger partial charge on any atom is -0.377 e. The van der Waals surface area contributed by atoms with Gasteiger partial charge in [-0.1, -0.05) is 12.1 Å². The third-order valence-corrected chi connectivity index (χ3v) is 4.92. The molecule has 0 radical (unpaired) electrons. The van der Waals surface area contributed by atoms with E-state index in [4.69, 9.17) is 0 Å². The van der Waals surface area contributed by atoms with E-state index in [9.17, 15) is 9.59 Å². The molecular formula is C16H21N3O2. The number of nitrogens with zero attached hydrogens (tertiary/aromatic N) is 3. The molecule has 1 aliphatic heterocycles. The summed E-state index contributed by atoms with van der Waals surface area (Å²) in [4.78, 5) is 29.7. The summed E-state index contributed by atoms with van der Waals surface area (Å²) >= 11 is 0. The predicted molar refractivity (Wildman–Crippen MR) is 81.5 cm³/mol. The summed E-state index contributed by atoms with van der Waals surface area (Å²) in [5.41, 5.74) is 2.99. The number of amides is 3. The summed E-state index contributed by atoms with van der Waals surface area (Å²) in [6.45, 7) is 0. The summed E-state index contributed by atoms with van der Waals surface area (Å²) in [6.07, 6.45) is 2.12. The van der Waals surface area contributed by atoms with Crippen molar-refractivity contribution in [2.45, 2.75) is 24.8 Å². The lowest BCUT2D eigenvalue weighted by molar-refractivity contribution is -0.132. The number of likely N-dealkylation sites (N-methyl/N-ethyl adjacent to an activating group) is 2. The highest BCUT2D eigenvalue weighted by Gasteiger charge is 2.55. The zero-order valence-electron chi connectivity index (χ0n) is 13.0. The van der Waals surface area contributed by atoms with Gasteiger partial charge in [-0.3, -0.25) is 9.69 Å². The van der Waals surface area contributed by atoms with Gasteiger partial charge in [-0.15, -0.1) is 0 Å². The Labute approximate surface area is 125 Å². The monoisotopic (exact) mass is 287 g/mol. The molecule has 112 valence electrons. The van der Waals surface area contributed by atoms with E-state index in [1.54, 1.807) is 19.0 Å². The third kappa shape index (κ3) is 1.76. The Hall–Kier alpha value is -2.04. The molecule has 0 bridgehead atoms. The van der Waals surface area contributed by atoms with Crippen LogP contribution in [0.3, 0.4) is 0 Å². The molecule has 5 heteroatoms. The van der Waals surface area contributed by atoms with Gasteiger partial charge in [-0.05, 0) is 30.0 Å². The van der Waals surface area contributed by atoms with Crippen molar-refractivity contribution < 1.29 is 9.59 Å². The Balaban J connectivity index is 2.04. The SMILES string of the molecule is CN1C(=O)N(C)C2(CCc3c(cccc3N(C)C)C2)C1=O. The van der Waals surface area contributed by atoms with Gasteiger partial charge in [0.15, 0.2) is 0 Å². The molecule has 1 saturated heterocycles. The lowest BCUT2D eigenvalue weighted by Gasteiger charge is -2.38. The van der Waals surface area contributed by atoms with Crippen LogP contribution in [-0.4, -0.2) is 55.5 Å². The smallest absolute Gasteiger partial charge is 0.327 e. The van der Waals surface area contributed by atoms with Crippen LogP contribution in [0.15, 0.2) is 18.2 Å². The van der Waals surface area contributed by atoms with Crippen molar-refractivity contribution in [3.05, 3.63) is 29.3 Å². The average Bonchev–Trinajstić information content (AvgIpc) is 2.63. The van der Waals surface area contributed by atoms with Gasteiger partial charge < -0.3 is 9.80 Å². The number of benzene rings is 1. The topological polar surface area (TPSA) is 43.9 Å². The van der Waals surface area contributed by atoms with Crippen molar-refractivity contribution in [3.63, 3.8) is 0 Å². The number of hydrogen-bond acceptors (Lipinski definition) is 3. The Bertz CT molecular complexity index is 626. The van der Waals surface area contributed by atoms with E-state index in [0.29, 0.717) is 12.8 Å². The van der Waals surface area contributed by atoms with Crippen LogP contribution in [0.2, 0.25) is 0 Å². The van der Waals surface area contributed by atoms with Crippen molar-refractivity contribution in [3.8, 4) is 0 Å². The third-order valence-electron chi connectivity index (χ3n) is 4.92. The van der Waals surface area contributed by atoms with Crippen molar-refractivity contribution in [2.24, 2.45) is 0 Å². The Morgan fingerprint density at radius 1 is 1.19 bits per heavy atom. The summed E-state index contributed by atoms with van der Waals surface area (Å²) in [7, 11) is 7.38. The summed E-state index contributed by atoms with van der Waals surface area (Å²) in [5.74, 6) is -0.0732. The van der Waals surface area contributed by atoms with Crippen molar-refractivity contribution in [2.75, 3.05) is 33.1 Å². The Kier molecular flexibility index (Phi) is 2.97. The quantitative estimate of drug-likeness (QED) is 0.735. The molecule has 3 rings (SSSR count). The molecule has 2 aliphatic rings. The van der Waals surface area contributed by atoms with Crippen LogP contribution in [0, 0.1) is 0 Å². The van der Waals surface area contributed by atoms with Gasteiger partial charge in [0.1, 0.15) is 5.54 Å². The van der Waals surface area contributed by atoms with Crippen LogP contribution in [-0.2, 0) is 17.6 Å². The number of carbonyl (C=O) groups excluding carboxylic acids is 2. The normalized spacial score (nSPS) is 24.8. The molecule has 1 spiro atoms. The average molecular weight is 287 g/mol. The second kappa shape index (κ2) is 4.48. The highest BCUT2D eigenvalue weighted by atomic mass is 16.2. The minimum absolute atomic E-state index is 0.0732. The van der Waals surface area contributed by atoms with E-state index >= 15 is 0 Å². The lowest BCUT2D eigenvalue weighted by Crippen LogP contribution is -2.52. The molecule has 1 fully saturated rings. The molecule has 1 atom stereocenters. The summed E-state index contributed by atoms with van der Waals surface area (Å²) < 4.78 is 0. The second-order valence-corrected chi connectivity index (χ2v) is 6.22. The first-order chi connectivity index (χ1) is 9.88. The van der Waals surface area contributed by atoms with E-state index in [1.165, 1.54) is 21.7 Å². The van der Waals surface area contributed by atoms with Gasteiger partial charge in [0.05, 0.1) is 0 Å². The molecule has 5 nitrogen and oxygen atoms in total. The predicted octanol–water partition coefficient (Wildman–Crippen LogP) is 1.50. The summed E-state index contributed by atoms with van der Waals surface area (Å²) in [6, 6.07) is 6.01. The van der Waals surface area contributed by atoms with E-state index in [2.05, 4.69) is 17.0 Å². The molecule has 0 aromatic heterocycles. The van der Waals surface area contributed by atoms with Crippen molar-refractivity contribution in [1.29, 1.82) is 0 Å². The van der Waals surface area contributed by atoms with Crippen LogP contribution in [0.5, 0.6) is 0 Å². The van der Waals surface area contributed by atoms with E-state index in [0.717, 1.165) is 6.42 Å². The number of fused-ring (bicyclic) bond motifs is 1. The Morgan fingerprint density at radius 2 is 1.90 bits per heavy atom. The molecule has 0 N–H and O–H groups in total. The van der Waals surface area contributed by atoms with Gasteiger partial charge >= 0.3 is 6.03 Å². The molecule has 21 heavy (non-hydrogen) atoms. The van der Waals surface area contributed by atoms with Gasteiger partial charge in [-0.25, -0.2) is 4.79 Å². The first-order valence-corrected chi connectivity index (χ1v) is 7.22. The molecule has 1 aromatic carbocycles. The number of urea groups is 1. The lowest BCUT2D eigenvalue weighted by atomic mass is 9.76. The van der Waals surface area contributed by atoms with Gasteiger partial charge in [-0.2, -0.15) is 0 Å². The van der Waals surface area contributed by atoms with Crippen LogP contribution in [0.4, 0.5) is 10.5 Å². The molecule has 1 heterocycles. The molecular weight excluding hydrogens is 266 g/mol. The second-order valence-electron chi connectivity index (χ2n) is 6.22. The minimum atomic E-state index is -0.691. The van der Waals surface area contributed by atoms with Crippen molar-refractivity contribution in [1.82, 2.24) is 9.80 Å². The standard InChI is InChI=1S/C16H21N3O2/c1-17(2)13-7-5-6-11-10-16(9-8-12(11)13)14(20)18(3)15(21)19(16)4/h5-7H,8-10H2,1-4H3.